The molecule has 3 aliphatic rings. The summed E-state index contributed by atoms with van der Waals surface area (Å²) in [6.45, 7) is 2.52. The Morgan fingerprint density at radius 1 is 1.18 bits per heavy atom. The minimum atomic E-state index is -4.83. The average Bonchev–Trinajstić information content (AvgIpc) is 3.57. The normalized spacial score (nSPS) is 22.0. The zero-order valence-corrected chi connectivity index (χ0v) is 21.8. The molecule has 2 bridgehead atoms. The molecule has 0 spiro atoms. The fraction of sp³-hybridized carbons (Fsp3) is 0.500. The molecule has 208 valence electrons. The number of pyridine rings is 1. The highest BCUT2D eigenvalue weighted by Crippen LogP contribution is 2.46. The van der Waals surface area contributed by atoms with E-state index in [-0.39, 0.29) is 64.0 Å². The number of halogens is 5. The fourth-order valence-corrected chi connectivity index (χ4v) is 5.91. The van der Waals surface area contributed by atoms with Crippen LogP contribution in [0.2, 0.25) is 5.02 Å². The van der Waals surface area contributed by atoms with E-state index in [9.17, 15) is 18.3 Å². The van der Waals surface area contributed by atoms with Gasteiger partial charge in [0.15, 0.2) is 5.82 Å². The zero-order valence-electron chi connectivity index (χ0n) is 21.1. The number of aliphatic hydroxyl groups is 1. The van der Waals surface area contributed by atoms with Crippen molar-refractivity contribution in [1.29, 1.82) is 0 Å². The van der Waals surface area contributed by atoms with Crippen LogP contribution in [0.4, 0.5) is 29.2 Å². The van der Waals surface area contributed by atoms with E-state index >= 15 is 4.39 Å². The van der Waals surface area contributed by atoms with E-state index in [0.29, 0.717) is 18.9 Å². The van der Waals surface area contributed by atoms with E-state index in [1.165, 1.54) is 13.0 Å². The summed E-state index contributed by atoms with van der Waals surface area (Å²) >= 11 is 6.50. The Morgan fingerprint density at radius 2 is 1.87 bits per heavy atom. The summed E-state index contributed by atoms with van der Waals surface area (Å²) in [6.07, 6.45) is -1.29. The Kier molecular flexibility index (Phi) is 6.27. The van der Waals surface area contributed by atoms with E-state index in [2.05, 4.69) is 20.3 Å². The number of hydrogen-bond donors (Lipinski definition) is 3. The Labute approximate surface area is 226 Å². The predicted octanol–water partition coefficient (Wildman–Crippen LogP) is 4.49. The predicted molar refractivity (Wildman–Crippen MR) is 138 cm³/mol. The number of nitrogen functional groups attached to an aromatic ring is 1. The SMILES string of the molecule is Cc1cc(N)nc(-c2c(Cl)cc3c(N4CC5CCC(C4)N5)nc(OCC4(CO)CC4)nc3c2F)c1C(F)(F)F. The van der Waals surface area contributed by atoms with E-state index in [4.69, 9.17) is 22.1 Å². The van der Waals surface area contributed by atoms with Gasteiger partial charge in [0.1, 0.15) is 17.2 Å². The van der Waals surface area contributed by atoms with Crippen LogP contribution in [-0.4, -0.2) is 58.4 Å². The molecule has 2 aliphatic heterocycles. The van der Waals surface area contributed by atoms with E-state index in [1.807, 2.05) is 4.90 Å². The minimum absolute atomic E-state index is 0.0661. The number of fused-ring (bicyclic) bond motifs is 3. The Bertz CT molecular complexity index is 1450. The van der Waals surface area contributed by atoms with Gasteiger partial charge in [-0.25, -0.2) is 9.37 Å². The standard InChI is InChI=1S/C26H27ClF4N6O2/c1-12-6-17(32)34-22(19(12)26(29,30)31)18-16(27)7-15-21(20(18)28)35-24(39-11-25(10-38)4-5-25)36-23(15)37-8-13-2-3-14(9-37)33-13/h6-7,13-14,33,38H,2-5,8-11H2,1H3,(H2,32,34). The maximum Gasteiger partial charge on any atom is 0.418 e. The molecule has 13 heteroatoms. The lowest BCUT2D eigenvalue weighted by Gasteiger charge is -2.34. The molecule has 1 saturated carbocycles. The molecule has 2 unspecified atom stereocenters. The van der Waals surface area contributed by atoms with E-state index in [0.717, 1.165) is 31.7 Å². The van der Waals surface area contributed by atoms with Gasteiger partial charge in [-0.3, -0.25) is 0 Å². The lowest BCUT2D eigenvalue weighted by atomic mass is 9.99. The van der Waals surface area contributed by atoms with Crippen LogP contribution in [0.25, 0.3) is 22.2 Å². The monoisotopic (exact) mass is 566 g/mol. The molecule has 2 atom stereocenters. The summed E-state index contributed by atoms with van der Waals surface area (Å²) in [5.74, 6) is -0.883. The molecule has 1 aromatic carbocycles. The first-order valence-electron chi connectivity index (χ1n) is 12.8. The number of ether oxygens (including phenoxy) is 1. The number of nitrogens with zero attached hydrogens (tertiary/aromatic N) is 4. The largest absolute Gasteiger partial charge is 0.463 e. The fourth-order valence-electron chi connectivity index (χ4n) is 5.63. The number of nitrogens with two attached hydrogens (primary N) is 1. The highest BCUT2D eigenvalue weighted by atomic mass is 35.5. The van der Waals surface area contributed by atoms with E-state index in [1.54, 1.807) is 0 Å². The molecule has 6 rings (SSSR count). The maximum atomic E-state index is 16.3. The van der Waals surface area contributed by atoms with Gasteiger partial charge in [0.25, 0.3) is 0 Å². The van der Waals surface area contributed by atoms with Gasteiger partial charge in [-0.1, -0.05) is 11.6 Å². The Hall–Kier alpha value is -2.96. The first-order chi connectivity index (χ1) is 18.5. The van der Waals surface area contributed by atoms with Crippen molar-refractivity contribution in [3.8, 4) is 17.3 Å². The van der Waals surface area contributed by atoms with Crippen LogP contribution in [0.15, 0.2) is 12.1 Å². The number of nitrogens with one attached hydrogen (secondary N) is 1. The molecule has 3 fully saturated rings. The van der Waals surface area contributed by atoms with Crippen molar-refractivity contribution in [1.82, 2.24) is 20.3 Å². The molecule has 0 radical (unpaired) electrons. The van der Waals surface area contributed by atoms with Gasteiger partial charge in [-0.15, -0.1) is 0 Å². The number of alkyl halides is 3. The van der Waals surface area contributed by atoms with Crippen LogP contribution in [0, 0.1) is 18.2 Å². The number of benzene rings is 1. The molecule has 39 heavy (non-hydrogen) atoms. The molecule has 1 aliphatic carbocycles. The van der Waals surface area contributed by atoms with Crippen LogP contribution >= 0.6 is 11.6 Å². The van der Waals surface area contributed by atoms with Crippen LogP contribution in [-0.2, 0) is 6.18 Å². The number of aromatic nitrogens is 3. The summed E-state index contributed by atoms with van der Waals surface area (Å²) in [5.41, 5.74) is 2.58. The third-order valence-corrected chi connectivity index (χ3v) is 8.21. The number of aliphatic hydroxyl groups excluding tert-OH is 1. The van der Waals surface area contributed by atoms with Crippen molar-refractivity contribution in [2.24, 2.45) is 5.41 Å². The number of rotatable bonds is 6. The number of anilines is 2. The van der Waals surface area contributed by atoms with Gasteiger partial charge in [0.2, 0.25) is 0 Å². The van der Waals surface area contributed by atoms with Gasteiger partial charge in [-0.2, -0.15) is 23.1 Å². The van der Waals surface area contributed by atoms with Crippen molar-refractivity contribution < 1.29 is 27.4 Å². The molecule has 2 aromatic heterocycles. The van der Waals surface area contributed by atoms with Crippen molar-refractivity contribution in [3.05, 3.63) is 34.1 Å². The van der Waals surface area contributed by atoms with Crippen molar-refractivity contribution in [3.63, 3.8) is 0 Å². The quantitative estimate of drug-likeness (QED) is 0.375. The van der Waals surface area contributed by atoms with Crippen molar-refractivity contribution >= 4 is 34.1 Å². The number of hydrogen-bond acceptors (Lipinski definition) is 8. The third kappa shape index (κ3) is 4.72. The Morgan fingerprint density at radius 3 is 2.49 bits per heavy atom. The highest BCUT2D eigenvalue weighted by molar-refractivity contribution is 6.34. The second kappa shape index (κ2) is 9.31. The molecule has 2 saturated heterocycles. The van der Waals surface area contributed by atoms with Crippen LogP contribution in [0.1, 0.15) is 36.8 Å². The molecule has 4 heterocycles. The van der Waals surface area contributed by atoms with Gasteiger partial charge in [-0.05, 0) is 50.3 Å². The summed E-state index contributed by atoms with van der Waals surface area (Å²) < 4.78 is 64.4. The van der Waals surface area contributed by atoms with Gasteiger partial charge >= 0.3 is 12.2 Å². The first-order valence-corrected chi connectivity index (χ1v) is 13.1. The molecule has 3 aromatic rings. The average molecular weight is 567 g/mol. The van der Waals surface area contributed by atoms with Gasteiger partial charge < -0.3 is 25.8 Å². The van der Waals surface area contributed by atoms with Gasteiger partial charge in [0.05, 0.1) is 35.1 Å². The molecule has 0 amide bonds. The summed E-state index contributed by atoms with van der Waals surface area (Å²) in [5, 5.41) is 13.2. The number of piperazine rings is 1. The molecular weight excluding hydrogens is 540 g/mol. The van der Waals surface area contributed by atoms with Gasteiger partial charge in [0, 0.05) is 36.0 Å². The lowest BCUT2D eigenvalue weighted by Crippen LogP contribution is -2.51. The molecule has 8 nitrogen and oxygen atoms in total. The summed E-state index contributed by atoms with van der Waals surface area (Å²) in [7, 11) is 0. The Balaban J connectivity index is 1.54. The smallest absolute Gasteiger partial charge is 0.418 e. The second-order valence-corrected chi connectivity index (χ2v) is 11.3. The van der Waals surface area contributed by atoms with Crippen molar-refractivity contribution in [2.75, 3.05) is 36.9 Å². The highest BCUT2D eigenvalue weighted by Gasteiger charge is 2.43. The summed E-state index contributed by atoms with van der Waals surface area (Å²) in [6, 6.07) is 2.81. The maximum absolute atomic E-state index is 16.3. The first kappa shape index (κ1) is 26.3. The minimum Gasteiger partial charge on any atom is -0.463 e. The van der Waals surface area contributed by atoms with Crippen molar-refractivity contribution in [2.45, 2.75) is 50.9 Å². The molecular formula is C26H27ClF4N6O2. The lowest BCUT2D eigenvalue weighted by molar-refractivity contribution is -0.137. The third-order valence-electron chi connectivity index (χ3n) is 7.92. The topological polar surface area (TPSA) is 109 Å². The second-order valence-electron chi connectivity index (χ2n) is 10.8. The summed E-state index contributed by atoms with van der Waals surface area (Å²) in [4.78, 5) is 14.8. The van der Waals surface area contributed by atoms with E-state index < -0.39 is 28.8 Å². The van der Waals surface area contributed by atoms with Crippen LogP contribution in [0.5, 0.6) is 6.01 Å². The number of aryl methyl sites for hydroxylation is 1. The molecule has 4 N–H and O–H groups in total. The van der Waals surface area contributed by atoms with Crippen LogP contribution in [0.3, 0.4) is 0 Å². The van der Waals surface area contributed by atoms with Crippen LogP contribution < -0.4 is 20.7 Å². The zero-order chi connectivity index (χ0) is 27.7.